The number of allylic oxidation sites excluding steroid dienone is 10. The largest absolute Gasteiger partial charge is 0.462 e. The average Bonchev–Trinajstić information content (AvgIpc) is 3.28. The number of unbranched alkanes of at least 4 members (excludes halogenated alkanes) is 26. The van der Waals surface area contributed by atoms with E-state index in [9.17, 15) is 19.8 Å². The lowest BCUT2D eigenvalue weighted by Gasteiger charge is -2.24. The van der Waals surface area contributed by atoms with Gasteiger partial charge in [-0.2, -0.15) is 0 Å². The number of ether oxygens (including phenoxy) is 1. The third kappa shape index (κ3) is 45.9. The summed E-state index contributed by atoms with van der Waals surface area (Å²) in [5.74, 6) is -0.521. The first-order valence-corrected chi connectivity index (χ1v) is 27.0. The molecule has 3 N–H and O–H groups in total. The monoisotopic (exact) mass is 882 g/mol. The Kier molecular flexibility index (Phi) is 48.6. The van der Waals surface area contributed by atoms with Crippen LogP contribution in [0.15, 0.2) is 60.8 Å². The van der Waals surface area contributed by atoms with Crippen LogP contribution in [-0.4, -0.2) is 46.9 Å². The minimum atomic E-state index is -0.798. The number of nitrogens with one attached hydrogen (secondary N) is 1. The molecule has 0 heterocycles. The number of carbonyl (C=O) groups is 2. The van der Waals surface area contributed by atoms with Gasteiger partial charge in [0.1, 0.15) is 6.10 Å². The van der Waals surface area contributed by atoms with E-state index in [4.69, 9.17) is 4.74 Å². The third-order valence-electron chi connectivity index (χ3n) is 12.1. The number of carbonyl (C=O) groups excluding carboxylic acids is 2. The summed E-state index contributed by atoms with van der Waals surface area (Å²) in [7, 11) is 0. The lowest BCUT2D eigenvalue weighted by atomic mass is 10.0. The van der Waals surface area contributed by atoms with Crippen molar-refractivity contribution in [3.63, 3.8) is 0 Å². The molecule has 3 unspecified atom stereocenters. The normalized spacial score (nSPS) is 13.7. The Balaban J connectivity index is 4.66. The van der Waals surface area contributed by atoms with Crippen LogP contribution >= 0.6 is 0 Å². The van der Waals surface area contributed by atoms with Gasteiger partial charge in [0.05, 0.1) is 25.2 Å². The number of aliphatic hydroxyl groups is 2. The Morgan fingerprint density at radius 2 is 0.857 bits per heavy atom. The van der Waals surface area contributed by atoms with E-state index < -0.39 is 18.2 Å². The van der Waals surface area contributed by atoms with Crippen molar-refractivity contribution >= 4 is 11.9 Å². The van der Waals surface area contributed by atoms with Crippen LogP contribution < -0.4 is 5.32 Å². The van der Waals surface area contributed by atoms with Crippen molar-refractivity contribution in [2.24, 2.45) is 0 Å². The number of esters is 1. The Hall–Kier alpha value is -2.44. The van der Waals surface area contributed by atoms with Gasteiger partial charge in [-0.3, -0.25) is 9.59 Å². The van der Waals surface area contributed by atoms with Crippen LogP contribution in [0.1, 0.15) is 265 Å². The van der Waals surface area contributed by atoms with E-state index >= 15 is 0 Å². The summed E-state index contributed by atoms with van der Waals surface area (Å²) in [5.41, 5.74) is 0. The molecule has 0 fully saturated rings. The summed E-state index contributed by atoms with van der Waals surface area (Å²) in [5, 5.41) is 23.8. The van der Waals surface area contributed by atoms with E-state index in [2.05, 4.69) is 86.8 Å². The van der Waals surface area contributed by atoms with Crippen molar-refractivity contribution in [1.82, 2.24) is 5.32 Å². The van der Waals surface area contributed by atoms with Gasteiger partial charge in [-0.1, -0.05) is 223 Å². The molecule has 0 aliphatic heterocycles. The minimum absolute atomic E-state index is 0.0536. The van der Waals surface area contributed by atoms with Crippen molar-refractivity contribution in [3.8, 4) is 0 Å². The Morgan fingerprint density at radius 3 is 1.33 bits per heavy atom. The van der Waals surface area contributed by atoms with E-state index in [1.165, 1.54) is 116 Å². The van der Waals surface area contributed by atoms with Gasteiger partial charge >= 0.3 is 5.97 Å². The number of hydrogen-bond donors (Lipinski definition) is 3. The molecule has 0 radical (unpaired) electrons. The molecule has 0 aliphatic rings. The molecule has 6 heteroatoms. The molecule has 0 bridgehead atoms. The highest BCUT2D eigenvalue weighted by Gasteiger charge is 2.24. The first kappa shape index (κ1) is 60.6. The maximum atomic E-state index is 13.2. The van der Waals surface area contributed by atoms with Crippen molar-refractivity contribution in [2.75, 3.05) is 6.61 Å². The molecule has 1 amide bonds. The lowest BCUT2D eigenvalue weighted by Crippen LogP contribution is -2.46. The van der Waals surface area contributed by atoms with E-state index in [-0.39, 0.29) is 24.9 Å². The molecule has 0 aromatic heterocycles. The van der Waals surface area contributed by atoms with Crippen LogP contribution in [0.3, 0.4) is 0 Å². The minimum Gasteiger partial charge on any atom is -0.462 e. The number of rotatable bonds is 48. The fourth-order valence-electron chi connectivity index (χ4n) is 8.00. The van der Waals surface area contributed by atoms with Gasteiger partial charge in [0.2, 0.25) is 5.91 Å². The molecular formula is C57H103NO5. The van der Waals surface area contributed by atoms with Crippen molar-refractivity contribution < 1.29 is 24.5 Å². The van der Waals surface area contributed by atoms with Crippen LogP contribution in [0.5, 0.6) is 0 Å². The Morgan fingerprint density at radius 1 is 0.476 bits per heavy atom. The SMILES string of the molecule is CC/C=C/C/C=C/C/C=C/C/C=C/CCCCCC(=O)OC(CCCCC/C=C/CCCCCCCCCCC)CC(=O)NC(CO)C(O)CCCCCCCCCCCCCC. The third-order valence-corrected chi connectivity index (χ3v) is 12.1. The molecule has 0 saturated heterocycles. The quantitative estimate of drug-likeness (QED) is 0.0321. The molecule has 6 nitrogen and oxygen atoms in total. The molecule has 3 atom stereocenters. The predicted octanol–water partition coefficient (Wildman–Crippen LogP) is 16.4. The topological polar surface area (TPSA) is 95.9 Å². The molecule has 366 valence electrons. The van der Waals surface area contributed by atoms with Crippen molar-refractivity contribution in [2.45, 2.75) is 283 Å². The van der Waals surface area contributed by atoms with E-state index in [0.29, 0.717) is 19.3 Å². The van der Waals surface area contributed by atoms with Crippen LogP contribution in [0.2, 0.25) is 0 Å². The molecule has 0 saturated carbocycles. The molecule has 0 aromatic carbocycles. The van der Waals surface area contributed by atoms with Gasteiger partial charge in [0.25, 0.3) is 0 Å². The molecule has 63 heavy (non-hydrogen) atoms. The van der Waals surface area contributed by atoms with E-state index in [1.807, 2.05) is 0 Å². The molecule has 0 spiro atoms. The van der Waals surface area contributed by atoms with Gasteiger partial charge in [-0.25, -0.2) is 0 Å². The average molecular weight is 882 g/mol. The number of hydrogen-bond acceptors (Lipinski definition) is 5. The zero-order valence-corrected chi connectivity index (χ0v) is 41.7. The van der Waals surface area contributed by atoms with E-state index in [1.54, 1.807) is 0 Å². The van der Waals surface area contributed by atoms with Crippen LogP contribution in [-0.2, 0) is 14.3 Å². The summed E-state index contributed by atoms with van der Waals surface area (Å²) in [4.78, 5) is 26.2. The van der Waals surface area contributed by atoms with Gasteiger partial charge < -0.3 is 20.3 Å². The summed E-state index contributed by atoms with van der Waals surface area (Å²) in [6.45, 7) is 6.37. The van der Waals surface area contributed by atoms with Gasteiger partial charge in [0.15, 0.2) is 0 Å². The van der Waals surface area contributed by atoms with Crippen molar-refractivity contribution in [3.05, 3.63) is 60.8 Å². The highest BCUT2D eigenvalue weighted by Crippen LogP contribution is 2.17. The summed E-state index contributed by atoms with van der Waals surface area (Å²) in [6.07, 6.45) is 62.8. The lowest BCUT2D eigenvalue weighted by molar-refractivity contribution is -0.151. The summed E-state index contributed by atoms with van der Waals surface area (Å²) in [6, 6.07) is -0.714. The number of aliphatic hydroxyl groups excluding tert-OH is 2. The van der Waals surface area contributed by atoms with Crippen LogP contribution in [0.4, 0.5) is 0 Å². The van der Waals surface area contributed by atoms with E-state index in [0.717, 1.165) is 103 Å². The van der Waals surface area contributed by atoms with Gasteiger partial charge in [0, 0.05) is 6.42 Å². The maximum absolute atomic E-state index is 13.2. The zero-order chi connectivity index (χ0) is 45.9. The first-order valence-electron chi connectivity index (χ1n) is 27.0. The van der Waals surface area contributed by atoms with Crippen molar-refractivity contribution in [1.29, 1.82) is 0 Å². The second-order valence-electron chi connectivity index (χ2n) is 18.2. The highest BCUT2D eigenvalue weighted by atomic mass is 16.5. The summed E-state index contributed by atoms with van der Waals surface area (Å²) < 4.78 is 5.93. The second-order valence-corrected chi connectivity index (χ2v) is 18.2. The van der Waals surface area contributed by atoms with Crippen LogP contribution in [0, 0.1) is 0 Å². The molecule has 0 aliphatic carbocycles. The fraction of sp³-hybridized carbons (Fsp3) is 0.789. The fourth-order valence-corrected chi connectivity index (χ4v) is 8.00. The first-order chi connectivity index (χ1) is 31.0. The molecule has 0 aromatic rings. The summed E-state index contributed by atoms with van der Waals surface area (Å²) >= 11 is 0. The predicted molar refractivity (Wildman–Crippen MR) is 273 cm³/mol. The molecule has 0 rings (SSSR count). The standard InChI is InChI=1S/C57H103NO5/c1-4-7-10-13-16-19-22-25-27-29-31-33-36-39-42-45-48-53(63-57(62)50-47-44-41-38-35-32-30-28-26-23-20-17-14-11-8-5-2)51-56(61)58-54(52-59)55(60)49-46-43-40-37-34-24-21-18-15-12-9-6-3/h8,11,17,20,26,28,31-33,35,53-55,59-60H,4-7,9-10,12-16,18-19,21-25,27,29-30,34,36-52H2,1-3H3,(H,58,61)/b11-8+,20-17+,28-26+,33-31+,35-32+. The number of amides is 1. The second kappa shape index (κ2) is 50.6. The maximum Gasteiger partial charge on any atom is 0.306 e. The highest BCUT2D eigenvalue weighted by molar-refractivity contribution is 5.77. The van der Waals surface area contributed by atoms with Crippen LogP contribution in [0.25, 0.3) is 0 Å². The van der Waals surface area contributed by atoms with Gasteiger partial charge in [-0.15, -0.1) is 0 Å². The molecular weight excluding hydrogens is 779 g/mol. The Labute approximate surface area is 390 Å². The zero-order valence-electron chi connectivity index (χ0n) is 41.7. The Bertz CT molecular complexity index is 1130. The smallest absolute Gasteiger partial charge is 0.306 e. The van der Waals surface area contributed by atoms with Gasteiger partial charge in [-0.05, 0) is 89.9 Å².